The lowest BCUT2D eigenvalue weighted by Crippen LogP contribution is -2.48. The molecule has 0 aromatic carbocycles. The smallest absolute Gasteiger partial charge is 0.327 e. The summed E-state index contributed by atoms with van der Waals surface area (Å²) in [6, 6.07) is 0.936. The number of carbonyl (C=O) groups excluding carboxylic acids is 1. The molecule has 0 radical (unpaired) electrons. The number of hydrogen-bond acceptors (Lipinski definition) is 6. The van der Waals surface area contributed by atoms with Gasteiger partial charge in [0.2, 0.25) is 11.9 Å². The third-order valence-corrected chi connectivity index (χ3v) is 4.28. The highest BCUT2D eigenvalue weighted by atomic mass is 32.2. The SMILES string of the molecule is CC1SCC(C(=O)O)N1C(=O)CN(C)c1ncccn1. The molecular formula is C12H16N4O3S. The highest BCUT2D eigenvalue weighted by Crippen LogP contribution is 2.28. The van der Waals surface area contributed by atoms with Crippen molar-refractivity contribution in [2.45, 2.75) is 18.3 Å². The summed E-state index contributed by atoms with van der Waals surface area (Å²) in [5, 5.41) is 9.03. The van der Waals surface area contributed by atoms with Gasteiger partial charge < -0.3 is 14.9 Å². The Morgan fingerprint density at radius 2 is 2.15 bits per heavy atom. The summed E-state index contributed by atoms with van der Waals surface area (Å²) in [6.45, 7) is 1.89. The van der Waals surface area contributed by atoms with Gasteiger partial charge in [-0.25, -0.2) is 14.8 Å². The van der Waals surface area contributed by atoms with Crippen LogP contribution in [0.3, 0.4) is 0 Å². The van der Waals surface area contributed by atoms with Crippen molar-refractivity contribution in [1.29, 1.82) is 0 Å². The maximum Gasteiger partial charge on any atom is 0.327 e. The molecule has 1 amide bonds. The summed E-state index contributed by atoms with van der Waals surface area (Å²) < 4.78 is 0. The number of thioether (sulfide) groups is 1. The van der Waals surface area contributed by atoms with Gasteiger partial charge in [-0.3, -0.25) is 4.79 Å². The second-order valence-electron chi connectivity index (χ2n) is 4.49. The summed E-state index contributed by atoms with van der Waals surface area (Å²) in [4.78, 5) is 34.6. The van der Waals surface area contributed by atoms with Gasteiger partial charge in [0.15, 0.2) is 0 Å². The molecule has 0 bridgehead atoms. The molecule has 1 fully saturated rings. The highest BCUT2D eigenvalue weighted by Gasteiger charge is 2.39. The van der Waals surface area contributed by atoms with E-state index in [9.17, 15) is 9.59 Å². The lowest BCUT2D eigenvalue weighted by Gasteiger charge is -2.27. The predicted octanol–water partition coefficient (Wildman–Crippen LogP) is 0.287. The molecule has 7 nitrogen and oxygen atoms in total. The summed E-state index contributed by atoms with van der Waals surface area (Å²) in [6.07, 6.45) is 3.19. The molecule has 1 aliphatic rings. The van der Waals surface area contributed by atoms with Crippen LogP contribution in [0.2, 0.25) is 0 Å². The summed E-state index contributed by atoms with van der Waals surface area (Å²) in [5.41, 5.74) is 0. The first-order valence-electron chi connectivity index (χ1n) is 6.14. The minimum atomic E-state index is -0.964. The number of aromatic nitrogens is 2. The van der Waals surface area contributed by atoms with E-state index in [1.54, 1.807) is 30.4 Å². The zero-order valence-corrected chi connectivity index (χ0v) is 12.1. The Morgan fingerprint density at radius 3 is 2.75 bits per heavy atom. The second-order valence-corrected chi connectivity index (χ2v) is 5.84. The minimum Gasteiger partial charge on any atom is -0.480 e. The van der Waals surface area contributed by atoms with Gasteiger partial charge in [-0.15, -0.1) is 11.8 Å². The standard InChI is InChI=1S/C12H16N4O3S/c1-8-16(9(7-20-8)11(18)19)10(17)6-15(2)12-13-4-3-5-14-12/h3-5,8-9H,6-7H2,1-2H3,(H,18,19). The molecule has 2 heterocycles. The highest BCUT2D eigenvalue weighted by molar-refractivity contribution is 8.00. The molecule has 0 saturated carbocycles. The Bertz CT molecular complexity index is 499. The molecular weight excluding hydrogens is 280 g/mol. The van der Waals surface area contributed by atoms with Crippen LogP contribution in [0.4, 0.5) is 5.95 Å². The first-order valence-corrected chi connectivity index (χ1v) is 7.19. The van der Waals surface area contributed by atoms with Crippen molar-refractivity contribution in [1.82, 2.24) is 14.9 Å². The number of likely N-dealkylation sites (N-methyl/N-ethyl adjacent to an activating group) is 1. The van der Waals surface area contributed by atoms with Crippen molar-refractivity contribution >= 4 is 29.6 Å². The number of hydrogen-bond donors (Lipinski definition) is 1. The zero-order chi connectivity index (χ0) is 14.7. The van der Waals surface area contributed by atoms with Crippen molar-refractivity contribution in [3.05, 3.63) is 18.5 Å². The summed E-state index contributed by atoms with van der Waals surface area (Å²) in [5.74, 6) is -0.334. The number of anilines is 1. The molecule has 8 heteroatoms. The van der Waals surface area contributed by atoms with Crippen LogP contribution in [0.15, 0.2) is 18.5 Å². The molecule has 1 aromatic heterocycles. The fraction of sp³-hybridized carbons (Fsp3) is 0.500. The second kappa shape index (κ2) is 6.08. The van der Waals surface area contributed by atoms with E-state index >= 15 is 0 Å². The van der Waals surface area contributed by atoms with Crippen molar-refractivity contribution in [3.63, 3.8) is 0 Å². The number of nitrogens with zero attached hydrogens (tertiary/aromatic N) is 4. The van der Waals surface area contributed by atoms with Crippen LogP contribution in [-0.4, -0.2) is 62.6 Å². The van der Waals surface area contributed by atoms with Gasteiger partial charge in [-0.2, -0.15) is 0 Å². The molecule has 2 atom stereocenters. The third kappa shape index (κ3) is 3.01. The lowest BCUT2D eigenvalue weighted by molar-refractivity contribution is -0.148. The van der Waals surface area contributed by atoms with Crippen LogP contribution in [-0.2, 0) is 9.59 Å². The van der Waals surface area contributed by atoms with Crippen LogP contribution in [0.25, 0.3) is 0 Å². The number of carboxylic acids is 1. The van der Waals surface area contributed by atoms with Crippen LogP contribution in [0, 0.1) is 0 Å². The molecule has 0 spiro atoms. The van der Waals surface area contributed by atoms with Gasteiger partial charge in [0, 0.05) is 25.2 Å². The Balaban J connectivity index is 2.05. The Hall–Kier alpha value is -1.83. The van der Waals surface area contributed by atoms with E-state index in [2.05, 4.69) is 9.97 Å². The van der Waals surface area contributed by atoms with E-state index in [1.165, 1.54) is 16.7 Å². The zero-order valence-electron chi connectivity index (χ0n) is 11.3. The van der Waals surface area contributed by atoms with Gasteiger partial charge in [0.25, 0.3) is 0 Å². The molecule has 108 valence electrons. The third-order valence-electron chi connectivity index (χ3n) is 3.06. The van der Waals surface area contributed by atoms with E-state index in [-0.39, 0.29) is 17.8 Å². The van der Waals surface area contributed by atoms with Crippen molar-refractivity contribution in [2.75, 3.05) is 24.2 Å². The van der Waals surface area contributed by atoms with E-state index in [4.69, 9.17) is 5.11 Å². The number of aliphatic carboxylic acids is 1. The Labute approximate surface area is 121 Å². The summed E-state index contributed by atoms with van der Waals surface area (Å²) in [7, 11) is 1.71. The molecule has 20 heavy (non-hydrogen) atoms. The molecule has 1 aliphatic heterocycles. The van der Waals surface area contributed by atoms with E-state index in [1.807, 2.05) is 6.92 Å². The van der Waals surface area contributed by atoms with Gasteiger partial charge in [0.05, 0.1) is 11.9 Å². The molecule has 2 unspecified atom stereocenters. The normalized spacial score (nSPS) is 21.8. The largest absolute Gasteiger partial charge is 0.480 e. The lowest BCUT2D eigenvalue weighted by atomic mass is 10.2. The molecule has 1 saturated heterocycles. The molecule has 1 aromatic rings. The van der Waals surface area contributed by atoms with Crippen LogP contribution >= 0.6 is 11.8 Å². The average Bonchev–Trinajstić information content (AvgIpc) is 2.81. The van der Waals surface area contributed by atoms with E-state index < -0.39 is 12.0 Å². The number of rotatable bonds is 4. The molecule has 2 rings (SSSR count). The van der Waals surface area contributed by atoms with Crippen molar-refractivity contribution in [2.24, 2.45) is 0 Å². The van der Waals surface area contributed by atoms with Crippen LogP contribution < -0.4 is 4.90 Å². The molecule has 1 N–H and O–H groups in total. The van der Waals surface area contributed by atoms with Crippen LogP contribution in [0.1, 0.15) is 6.92 Å². The van der Waals surface area contributed by atoms with Gasteiger partial charge in [0.1, 0.15) is 6.04 Å². The van der Waals surface area contributed by atoms with Gasteiger partial charge in [-0.05, 0) is 13.0 Å². The monoisotopic (exact) mass is 296 g/mol. The number of amides is 1. The predicted molar refractivity (Wildman–Crippen MR) is 75.5 cm³/mol. The van der Waals surface area contributed by atoms with E-state index in [0.29, 0.717) is 11.7 Å². The maximum atomic E-state index is 12.3. The van der Waals surface area contributed by atoms with E-state index in [0.717, 1.165) is 0 Å². The fourth-order valence-electron chi connectivity index (χ4n) is 2.05. The Kier molecular flexibility index (Phi) is 4.43. The van der Waals surface area contributed by atoms with Crippen molar-refractivity contribution in [3.8, 4) is 0 Å². The van der Waals surface area contributed by atoms with Crippen LogP contribution in [0.5, 0.6) is 0 Å². The first kappa shape index (κ1) is 14.6. The minimum absolute atomic E-state index is 0.0543. The van der Waals surface area contributed by atoms with Gasteiger partial charge >= 0.3 is 5.97 Å². The fourth-order valence-corrected chi connectivity index (χ4v) is 3.24. The van der Waals surface area contributed by atoms with Crippen molar-refractivity contribution < 1.29 is 14.7 Å². The number of carbonyl (C=O) groups is 2. The maximum absolute atomic E-state index is 12.3. The number of carboxylic acid groups (broad SMARTS) is 1. The first-order chi connectivity index (χ1) is 9.50. The topological polar surface area (TPSA) is 86.6 Å². The quantitative estimate of drug-likeness (QED) is 0.854. The summed E-state index contributed by atoms with van der Waals surface area (Å²) >= 11 is 1.47. The Morgan fingerprint density at radius 1 is 1.50 bits per heavy atom. The molecule has 0 aliphatic carbocycles. The van der Waals surface area contributed by atoms with Gasteiger partial charge in [-0.1, -0.05) is 0 Å². The average molecular weight is 296 g/mol.